The van der Waals surface area contributed by atoms with E-state index in [9.17, 15) is 9.90 Å². The van der Waals surface area contributed by atoms with E-state index in [1.807, 2.05) is 37.3 Å². The summed E-state index contributed by atoms with van der Waals surface area (Å²) in [5.74, 6) is -1.00. The summed E-state index contributed by atoms with van der Waals surface area (Å²) in [5.41, 5.74) is 12.6. The largest absolute Gasteiger partial charge is 0.507 e. The third-order valence-electron chi connectivity index (χ3n) is 6.46. The van der Waals surface area contributed by atoms with Crippen molar-refractivity contribution in [3.8, 4) is 5.75 Å². The second-order valence-electron chi connectivity index (χ2n) is 8.77. The molecule has 2 unspecified atom stereocenters. The van der Waals surface area contributed by atoms with Crippen LogP contribution in [-0.2, 0) is 0 Å². The second-order valence-corrected chi connectivity index (χ2v) is 8.77. The molecule has 5 N–H and O–H groups in total. The van der Waals surface area contributed by atoms with Crippen LogP contribution < -0.4 is 17.1 Å². The van der Waals surface area contributed by atoms with Gasteiger partial charge in [0, 0.05) is 24.1 Å². The summed E-state index contributed by atoms with van der Waals surface area (Å²) in [6.07, 6.45) is 3.45. The van der Waals surface area contributed by atoms with Crippen LogP contribution in [0.2, 0.25) is 0 Å². The number of guanidine groups is 1. The highest BCUT2D eigenvalue weighted by Gasteiger charge is 2.35. The molecule has 0 radical (unpaired) electrons. The Bertz CT molecular complexity index is 1240. The van der Waals surface area contributed by atoms with Crippen molar-refractivity contribution < 1.29 is 9.52 Å². The number of para-hydroxylation sites is 1. The molecule has 0 spiro atoms. The van der Waals surface area contributed by atoms with Gasteiger partial charge in [-0.25, -0.2) is 4.79 Å². The van der Waals surface area contributed by atoms with Gasteiger partial charge in [-0.3, -0.25) is 0 Å². The summed E-state index contributed by atoms with van der Waals surface area (Å²) in [5, 5.41) is 20.0. The molecular formula is C26H31N5O3. The SMILES string of the molecule is C/C(=N\N=C(N)N)C(CN1CCCCC1)C(c1ccccc1)c1c(O)c2ccccc2oc1=O. The Morgan fingerprint density at radius 1 is 1.03 bits per heavy atom. The van der Waals surface area contributed by atoms with E-state index in [4.69, 9.17) is 15.9 Å². The van der Waals surface area contributed by atoms with Gasteiger partial charge in [0.2, 0.25) is 5.96 Å². The van der Waals surface area contributed by atoms with Crippen molar-refractivity contribution in [3.63, 3.8) is 0 Å². The summed E-state index contributed by atoms with van der Waals surface area (Å²) in [6, 6.07) is 16.7. The van der Waals surface area contributed by atoms with Gasteiger partial charge in [-0.1, -0.05) is 48.9 Å². The van der Waals surface area contributed by atoms with E-state index in [2.05, 4.69) is 15.1 Å². The first kappa shape index (κ1) is 23.5. The van der Waals surface area contributed by atoms with Crippen molar-refractivity contribution in [2.24, 2.45) is 27.6 Å². The summed E-state index contributed by atoms with van der Waals surface area (Å²) in [7, 11) is 0. The highest BCUT2D eigenvalue weighted by molar-refractivity contribution is 5.89. The van der Waals surface area contributed by atoms with Gasteiger partial charge in [0.05, 0.1) is 10.9 Å². The third-order valence-corrected chi connectivity index (χ3v) is 6.46. The number of rotatable bonds is 7. The molecule has 0 bridgehead atoms. The normalized spacial score (nSPS) is 16.8. The number of nitrogens with two attached hydrogens (primary N) is 2. The second kappa shape index (κ2) is 10.5. The molecular weight excluding hydrogens is 430 g/mol. The number of piperidine rings is 1. The Labute approximate surface area is 198 Å². The van der Waals surface area contributed by atoms with Crippen molar-refractivity contribution >= 4 is 22.6 Å². The minimum absolute atomic E-state index is 0.0704. The zero-order valence-corrected chi connectivity index (χ0v) is 19.4. The molecule has 1 saturated heterocycles. The van der Waals surface area contributed by atoms with Crippen LogP contribution in [0.5, 0.6) is 5.75 Å². The minimum Gasteiger partial charge on any atom is -0.507 e. The fourth-order valence-electron chi connectivity index (χ4n) is 4.79. The van der Waals surface area contributed by atoms with E-state index in [0.29, 0.717) is 23.2 Å². The molecule has 34 heavy (non-hydrogen) atoms. The molecule has 0 amide bonds. The lowest BCUT2D eigenvalue weighted by molar-refractivity contribution is 0.207. The Balaban J connectivity index is 1.92. The Kier molecular flexibility index (Phi) is 7.27. The molecule has 1 aliphatic rings. The van der Waals surface area contributed by atoms with E-state index in [0.717, 1.165) is 31.5 Å². The van der Waals surface area contributed by atoms with Crippen molar-refractivity contribution in [1.82, 2.24) is 4.90 Å². The number of benzene rings is 2. The number of hydrogen-bond acceptors (Lipinski definition) is 6. The Hall–Kier alpha value is -3.65. The van der Waals surface area contributed by atoms with Crippen LogP contribution in [0, 0.1) is 5.92 Å². The highest BCUT2D eigenvalue weighted by atomic mass is 16.4. The van der Waals surface area contributed by atoms with Crippen LogP contribution >= 0.6 is 0 Å². The fourth-order valence-corrected chi connectivity index (χ4v) is 4.79. The van der Waals surface area contributed by atoms with Crippen LogP contribution in [0.1, 0.15) is 43.2 Å². The highest BCUT2D eigenvalue weighted by Crippen LogP contribution is 2.39. The van der Waals surface area contributed by atoms with E-state index in [-0.39, 0.29) is 23.2 Å². The van der Waals surface area contributed by atoms with E-state index in [1.54, 1.807) is 24.3 Å². The molecule has 178 valence electrons. The zero-order chi connectivity index (χ0) is 24.1. The maximum Gasteiger partial charge on any atom is 0.343 e. The molecule has 4 rings (SSSR count). The van der Waals surface area contributed by atoms with Crippen LogP contribution in [0.4, 0.5) is 0 Å². The van der Waals surface area contributed by atoms with Crippen LogP contribution in [0.3, 0.4) is 0 Å². The van der Waals surface area contributed by atoms with Crippen LogP contribution in [0.15, 0.2) is 74.0 Å². The van der Waals surface area contributed by atoms with Gasteiger partial charge in [-0.05, 0) is 50.6 Å². The van der Waals surface area contributed by atoms with Gasteiger partial charge in [-0.15, -0.1) is 5.10 Å². The lowest BCUT2D eigenvalue weighted by Crippen LogP contribution is -2.40. The topological polar surface area (TPSA) is 130 Å². The number of aromatic hydroxyl groups is 1. The first-order valence-corrected chi connectivity index (χ1v) is 11.6. The van der Waals surface area contributed by atoms with Crippen LogP contribution in [-0.4, -0.2) is 41.3 Å². The quantitative estimate of drug-likeness (QED) is 0.214. The first-order chi connectivity index (χ1) is 16.5. The first-order valence-electron chi connectivity index (χ1n) is 11.6. The fraction of sp³-hybridized carbons (Fsp3) is 0.346. The van der Waals surface area contributed by atoms with E-state index in [1.165, 1.54) is 6.42 Å². The van der Waals surface area contributed by atoms with Gasteiger partial charge >= 0.3 is 5.63 Å². The average molecular weight is 462 g/mol. The molecule has 2 aromatic carbocycles. The predicted molar refractivity (Wildman–Crippen MR) is 135 cm³/mol. The molecule has 2 atom stereocenters. The average Bonchev–Trinajstić information content (AvgIpc) is 2.85. The van der Waals surface area contributed by atoms with Crippen molar-refractivity contribution in [2.75, 3.05) is 19.6 Å². The maximum absolute atomic E-state index is 13.3. The molecule has 0 saturated carbocycles. The Morgan fingerprint density at radius 2 is 1.71 bits per heavy atom. The zero-order valence-electron chi connectivity index (χ0n) is 19.4. The predicted octanol–water partition coefficient (Wildman–Crippen LogP) is 3.38. The number of nitrogens with zero attached hydrogens (tertiary/aromatic N) is 3. The van der Waals surface area contributed by atoms with Gasteiger partial charge in [0.1, 0.15) is 11.3 Å². The van der Waals surface area contributed by atoms with Gasteiger partial charge in [0.15, 0.2) is 0 Å². The summed E-state index contributed by atoms with van der Waals surface area (Å²) in [6.45, 7) is 4.43. The summed E-state index contributed by atoms with van der Waals surface area (Å²) in [4.78, 5) is 15.7. The number of likely N-dealkylation sites (tertiary alicyclic amines) is 1. The smallest absolute Gasteiger partial charge is 0.343 e. The molecule has 1 fully saturated rings. The van der Waals surface area contributed by atoms with Crippen LogP contribution in [0.25, 0.3) is 11.0 Å². The van der Waals surface area contributed by atoms with Crippen molar-refractivity contribution in [1.29, 1.82) is 0 Å². The molecule has 1 aliphatic heterocycles. The van der Waals surface area contributed by atoms with E-state index >= 15 is 0 Å². The van der Waals surface area contributed by atoms with Crippen molar-refractivity contribution in [2.45, 2.75) is 32.1 Å². The summed E-state index contributed by atoms with van der Waals surface area (Å²) < 4.78 is 5.66. The molecule has 1 aromatic heterocycles. The van der Waals surface area contributed by atoms with Gasteiger partial charge in [0.25, 0.3) is 0 Å². The van der Waals surface area contributed by atoms with Crippen molar-refractivity contribution in [3.05, 3.63) is 76.1 Å². The van der Waals surface area contributed by atoms with E-state index < -0.39 is 11.5 Å². The molecule has 8 heteroatoms. The number of fused-ring (bicyclic) bond motifs is 1. The maximum atomic E-state index is 13.3. The lowest BCUT2D eigenvalue weighted by atomic mass is 9.78. The molecule has 2 heterocycles. The minimum atomic E-state index is -0.566. The van der Waals surface area contributed by atoms with Gasteiger partial charge in [-0.2, -0.15) is 5.10 Å². The summed E-state index contributed by atoms with van der Waals surface area (Å²) >= 11 is 0. The Morgan fingerprint density at radius 3 is 2.41 bits per heavy atom. The molecule has 3 aromatic rings. The monoisotopic (exact) mass is 461 g/mol. The molecule has 8 nitrogen and oxygen atoms in total. The number of hydrogen-bond donors (Lipinski definition) is 3. The standard InChI is InChI=1S/C26H31N5O3/c1-17(29-30-26(27)28)20(16-31-14-8-3-9-15-31)22(18-10-4-2-5-11-18)23-24(32)19-12-6-7-13-21(19)34-25(23)33/h2,4-7,10-13,20,22,32H,3,8-9,14-16H2,1H3,(H4,27,28,30)/b29-17+. The lowest BCUT2D eigenvalue weighted by Gasteiger charge is -2.34. The third kappa shape index (κ3) is 5.12. The van der Waals surface area contributed by atoms with Gasteiger partial charge < -0.3 is 25.9 Å². The molecule has 0 aliphatic carbocycles.